The molecule has 0 atom stereocenters. The van der Waals surface area contributed by atoms with E-state index in [4.69, 9.17) is 9.47 Å². The molecule has 0 aliphatic heterocycles. The molecule has 0 N–H and O–H groups in total. The summed E-state index contributed by atoms with van der Waals surface area (Å²) >= 11 is 6.56. The van der Waals surface area contributed by atoms with E-state index in [1.807, 2.05) is 0 Å². The Kier molecular flexibility index (Phi) is 3.95. The van der Waals surface area contributed by atoms with Crippen LogP contribution in [0.2, 0.25) is 0 Å². The minimum Gasteiger partial charge on any atom is -0.497 e. The van der Waals surface area contributed by atoms with Crippen molar-refractivity contribution in [2.45, 2.75) is 6.92 Å². The van der Waals surface area contributed by atoms with E-state index in [-0.39, 0.29) is 5.97 Å². The number of carbonyl (C=O) groups excluding carboxylic acids is 1. The van der Waals surface area contributed by atoms with E-state index < -0.39 is 0 Å². The molecule has 14 heavy (non-hydrogen) atoms. The third-order valence-corrected chi connectivity index (χ3v) is 2.63. The third kappa shape index (κ3) is 2.72. The monoisotopic (exact) mass is 322 g/mol. The predicted molar refractivity (Wildman–Crippen MR) is 59.7 cm³/mol. The standard InChI is InChI=1S/C9H8Br2O3/c1-5(12)14-9-7(10)3-6(13-2)4-8(9)11/h3-4H,1-2H3. The van der Waals surface area contributed by atoms with E-state index in [9.17, 15) is 4.79 Å². The molecule has 0 fully saturated rings. The second kappa shape index (κ2) is 4.79. The Labute approximate surface area is 98.6 Å². The van der Waals surface area contributed by atoms with Gasteiger partial charge in [-0.2, -0.15) is 0 Å². The van der Waals surface area contributed by atoms with Gasteiger partial charge >= 0.3 is 5.97 Å². The van der Waals surface area contributed by atoms with E-state index in [1.54, 1.807) is 19.2 Å². The molecule has 1 aromatic carbocycles. The number of ether oxygens (including phenoxy) is 2. The number of hydrogen-bond acceptors (Lipinski definition) is 3. The first kappa shape index (κ1) is 11.5. The zero-order chi connectivity index (χ0) is 10.7. The van der Waals surface area contributed by atoms with Crippen molar-refractivity contribution in [3.8, 4) is 11.5 Å². The molecular formula is C9H8Br2O3. The van der Waals surface area contributed by atoms with Crippen LogP contribution in [-0.4, -0.2) is 13.1 Å². The van der Waals surface area contributed by atoms with Crippen LogP contribution in [0, 0.1) is 0 Å². The highest BCUT2D eigenvalue weighted by molar-refractivity contribution is 9.11. The molecule has 0 saturated heterocycles. The maximum atomic E-state index is 10.8. The first-order valence-corrected chi connectivity index (χ1v) is 5.34. The number of rotatable bonds is 2. The zero-order valence-corrected chi connectivity index (χ0v) is 10.8. The molecule has 0 heterocycles. The number of hydrogen-bond donors (Lipinski definition) is 0. The van der Waals surface area contributed by atoms with Crippen LogP contribution in [0.1, 0.15) is 6.92 Å². The van der Waals surface area contributed by atoms with Crippen molar-refractivity contribution in [1.82, 2.24) is 0 Å². The summed E-state index contributed by atoms with van der Waals surface area (Å²) in [5.74, 6) is 0.773. The van der Waals surface area contributed by atoms with Crippen LogP contribution in [0.5, 0.6) is 11.5 Å². The van der Waals surface area contributed by atoms with Crippen LogP contribution >= 0.6 is 31.9 Å². The van der Waals surface area contributed by atoms with Crippen molar-refractivity contribution in [2.24, 2.45) is 0 Å². The molecule has 0 saturated carbocycles. The van der Waals surface area contributed by atoms with Gasteiger partial charge < -0.3 is 9.47 Å². The summed E-state index contributed by atoms with van der Waals surface area (Å²) in [5, 5.41) is 0. The summed E-state index contributed by atoms with van der Waals surface area (Å²) in [6.45, 7) is 1.35. The molecule has 1 rings (SSSR count). The fraction of sp³-hybridized carbons (Fsp3) is 0.222. The topological polar surface area (TPSA) is 35.5 Å². The maximum Gasteiger partial charge on any atom is 0.308 e. The molecule has 5 heteroatoms. The Hall–Kier alpha value is -0.550. The van der Waals surface area contributed by atoms with Gasteiger partial charge in [0, 0.05) is 6.92 Å². The van der Waals surface area contributed by atoms with E-state index in [2.05, 4.69) is 31.9 Å². The number of carbonyl (C=O) groups is 1. The summed E-state index contributed by atoms with van der Waals surface area (Å²) in [4.78, 5) is 10.8. The average Bonchev–Trinajstić information content (AvgIpc) is 2.10. The molecule has 0 unspecified atom stereocenters. The number of halogens is 2. The SMILES string of the molecule is COc1cc(Br)c(OC(C)=O)c(Br)c1. The molecule has 0 bridgehead atoms. The average molecular weight is 324 g/mol. The quantitative estimate of drug-likeness (QED) is 0.619. The molecule has 0 radical (unpaired) electrons. The van der Waals surface area contributed by atoms with E-state index in [0.717, 1.165) is 0 Å². The Balaban J connectivity index is 3.11. The van der Waals surface area contributed by atoms with Gasteiger partial charge in [0.05, 0.1) is 16.1 Å². The van der Waals surface area contributed by atoms with Gasteiger partial charge in [-0.05, 0) is 44.0 Å². The Morgan fingerprint density at radius 3 is 2.14 bits per heavy atom. The fourth-order valence-electron chi connectivity index (χ4n) is 0.896. The molecule has 0 aliphatic rings. The van der Waals surface area contributed by atoms with Gasteiger partial charge in [-0.1, -0.05) is 0 Å². The second-order valence-electron chi connectivity index (χ2n) is 2.51. The molecular weight excluding hydrogens is 316 g/mol. The van der Waals surface area contributed by atoms with Gasteiger partial charge in [-0.25, -0.2) is 0 Å². The smallest absolute Gasteiger partial charge is 0.308 e. The first-order chi connectivity index (χ1) is 6.54. The van der Waals surface area contributed by atoms with Crippen LogP contribution in [-0.2, 0) is 4.79 Å². The fourth-order valence-corrected chi connectivity index (χ4v) is 2.20. The van der Waals surface area contributed by atoms with Gasteiger partial charge in [0.25, 0.3) is 0 Å². The zero-order valence-electron chi connectivity index (χ0n) is 7.64. The Bertz CT molecular complexity index is 340. The van der Waals surface area contributed by atoms with Crippen molar-refractivity contribution in [2.75, 3.05) is 7.11 Å². The van der Waals surface area contributed by atoms with Crippen LogP contribution in [0.4, 0.5) is 0 Å². The minimum atomic E-state index is -0.364. The van der Waals surface area contributed by atoms with Gasteiger partial charge in [0.15, 0.2) is 5.75 Å². The highest BCUT2D eigenvalue weighted by atomic mass is 79.9. The highest BCUT2D eigenvalue weighted by Gasteiger charge is 2.10. The summed E-state index contributed by atoms with van der Waals surface area (Å²) in [5.41, 5.74) is 0. The van der Waals surface area contributed by atoms with Crippen molar-refractivity contribution in [3.05, 3.63) is 21.1 Å². The summed E-state index contributed by atoms with van der Waals surface area (Å²) in [7, 11) is 1.57. The van der Waals surface area contributed by atoms with Gasteiger partial charge in [0.2, 0.25) is 0 Å². The van der Waals surface area contributed by atoms with E-state index >= 15 is 0 Å². The van der Waals surface area contributed by atoms with Crippen molar-refractivity contribution < 1.29 is 14.3 Å². The number of benzene rings is 1. The second-order valence-corrected chi connectivity index (χ2v) is 4.22. The summed E-state index contributed by atoms with van der Waals surface area (Å²) < 4.78 is 11.4. The highest BCUT2D eigenvalue weighted by Crippen LogP contribution is 2.37. The normalized spacial score (nSPS) is 9.71. The lowest BCUT2D eigenvalue weighted by Gasteiger charge is -2.08. The summed E-state index contributed by atoms with van der Waals surface area (Å²) in [6.07, 6.45) is 0. The Morgan fingerprint density at radius 2 is 1.79 bits per heavy atom. The van der Waals surface area contributed by atoms with E-state index in [0.29, 0.717) is 20.4 Å². The van der Waals surface area contributed by atoms with Crippen LogP contribution in [0.3, 0.4) is 0 Å². The molecule has 76 valence electrons. The van der Waals surface area contributed by atoms with Crippen molar-refractivity contribution in [3.63, 3.8) is 0 Å². The number of methoxy groups -OCH3 is 1. The van der Waals surface area contributed by atoms with Gasteiger partial charge in [-0.15, -0.1) is 0 Å². The molecule has 0 spiro atoms. The third-order valence-electron chi connectivity index (χ3n) is 1.45. The first-order valence-electron chi connectivity index (χ1n) is 3.76. The van der Waals surface area contributed by atoms with Crippen LogP contribution in [0.15, 0.2) is 21.1 Å². The van der Waals surface area contributed by atoms with Crippen molar-refractivity contribution in [1.29, 1.82) is 0 Å². The lowest BCUT2D eigenvalue weighted by atomic mass is 10.3. The van der Waals surface area contributed by atoms with Gasteiger partial charge in [-0.3, -0.25) is 4.79 Å². The molecule has 0 aliphatic carbocycles. The largest absolute Gasteiger partial charge is 0.497 e. The molecule has 0 aromatic heterocycles. The van der Waals surface area contributed by atoms with Crippen LogP contribution in [0.25, 0.3) is 0 Å². The molecule has 0 amide bonds. The lowest BCUT2D eigenvalue weighted by Crippen LogP contribution is -2.02. The molecule has 1 aromatic rings. The van der Waals surface area contributed by atoms with Crippen LogP contribution < -0.4 is 9.47 Å². The van der Waals surface area contributed by atoms with E-state index in [1.165, 1.54) is 6.92 Å². The maximum absolute atomic E-state index is 10.8. The molecule has 3 nitrogen and oxygen atoms in total. The van der Waals surface area contributed by atoms with Crippen molar-refractivity contribution >= 4 is 37.8 Å². The predicted octanol–water partition coefficient (Wildman–Crippen LogP) is 3.15. The van der Waals surface area contributed by atoms with Gasteiger partial charge in [0.1, 0.15) is 5.75 Å². The summed E-state index contributed by atoms with van der Waals surface area (Å²) in [6, 6.07) is 3.45. The minimum absolute atomic E-state index is 0.364. The Morgan fingerprint density at radius 1 is 1.29 bits per heavy atom. The lowest BCUT2D eigenvalue weighted by molar-refractivity contribution is -0.131. The number of esters is 1.